The fourth-order valence-corrected chi connectivity index (χ4v) is 1.20. The highest BCUT2D eigenvalue weighted by Crippen LogP contribution is 2.01. The molecule has 0 bridgehead atoms. The van der Waals surface area contributed by atoms with Gasteiger partial charge in [0.15, 0.2) is 6.29 Å². The van der Waals surface area contributed by atoms with Crippen LogP contribution in [0.5, 0.6) is 0 Å². The Morgan fingerprint density at radius 3 is 1.92 bits per heavy atom. The van der Waals surface area contributed by atoms with E-state index in [1.54, 1.807) is 13.8 Å². The van der Waals surface area contributed by atoms with Crippen molar-refractivity contribution in [1.29, 1.82) is 0 Å². The number of halogens is 1. The Morgan fingerprint density at radius 2 is 1.67 bits per heavy atom. The molecule has 0 atom stereocenters. The van der Waals surface area contributed by atoms with E-state index in [0.29, 0.717) is 13.2 Å². The molecule has 0 N–H and O–H groups in total. The van der Waals surface area contributed by atoms with E-state index < -0.39 is 22.3 Å². The second-order valence-electron chi connectivity index (χ2n) is 2.05. The maximum atomic E-state index is 12.1. The van der Waals surface area contributed by atoms with Crippen LogP contribution in [0.1, 0.15) is 13.8 Å². The van der Waals surface area contributed by atoms with Crippen molar-refractivity contribution in [1.82, 2.24) is 0 Å². The number of ether oxygens (including phenoxy) is 2. The zero-order valence-corrected chi connectivity index (χ0v) is 7.93. The van der Waals surface area contributed by atoms with E-state index in [4.69, 9.17) is 9.47 Å². The summed E-state index contributed by atoms with van der Waals surface area (Å²) in [5.41, 5.74) is 0. The van der Waals surface area contributed by atoms with Gasteiger partial charge in [-0.15, -0.1) is 3.89 Å². The molecular weight excluding hydrogens is 187 g/mol. The van der Waals surface area contributed by atoms with Crippen LogP contribution in [-0.4, -0.2) is 33.7 Å². The van der Waals surface area contributed by atoms with E-state index >= 15 is 0 Å². The van der Waals surface area contributed by atoms with E-state index in [1.807, 2.05) is 0 Å². The zero-order chi connectivity index (χ0) is 9.61. The molecule has 0 saturated heterocycles. The van der Waals surface area contributed by atoms with Gasteiger partial charge >= 0.3 is 10.2 Å². The third-order valence-electron chi connectivity index (χ3n) is 1.04. The van der Waals surface area contributed by atoms with E-state index in [-0.39, 0.29) is 0 Å². The standard InChI is InChI=1S/C6H13FO4S/c1-3-10-6(11-4-2)5-12(7,8)9/h6H,3-5H2,1-2H3. The lowest BCUT2D eigenvalue weighted by atomic mass is 10.7. The number of hydrogen-bond acceptors (Lipinski definition) is 4. The highest BCUT2D eigenvalue weighted by Gasteiger charge is 2.18. The van der Waals surface area contributed by atoms with Crippen molar-refractivity contribution < 1.29 is 21.8 Å². The summed E-state index contributed by atoms with van der Waals surface area (Å²) < 4.78 is 42.1. The molecule has 0 fully saturated rings. The van der Waals surface area contributed by atoms with E-state index in [2.05, 4.69) is 0 Å². The Kier molecular flexibility index (Phi) is 5.36. The lowest BCUT2D eigenvalue weighted by Gasteiger charge is -2.13. The molecule has 0 aromatic rings. The molecule has 74 valence electrons. The van der Waals surface area contributed by atoms with Gasteiger partial charge in [-0.2, -0.15) is 8.42 Å². The van der Waals surface area contributed by atoms with Crippen molar-refractivity contribution in [2.45, 2.75) is 20.1 Å². The Hall–Kier alpha value is -0.200. The molecule has 0 aliphatic heterocycles. The minimum Gasteiger partial charge on any atom is -0.352 e. The Morgan fingerprint density at radius 1 is 1.25 bits per heavy atom. The molecule has 0 amide bonds. The predicted octanol–water partition coefficient (Wildman–Crippen LogP) is 0.685. The Balaban J connectivity index is 3.95. The third kappa shape index (κ3) is 6.51. The summed E-state index contributed by atoms with van der Waals surface area (Å²) in [5, 5.41) is 0. The fraction of sp³-hybridized carbons (Fsp3) is 1.00. The zero-order valence-electron chi connectivity index (χ0n) is 7.12. The van der Waals surface area contributed by atoms with Crippen molar-refractivity contribution in [3.05, 3.63) is 0 Å². The Bertz CT molecular complexity index is 196. The van der Waals surface area contributed by atoms with E-state index in [9.17, 15) is 12.3 Å². The summed E-state index contributed by atoms with van der Waals surface area (Å²) in [6.07, 6.45) is -0.991. The average Bonchev–Trinajstić information content (AvgIpc) is 1.84. The molecule has 6 heteroatoms. The summed E-state index contributed by atoms with van der Waals surface area (Å²) in [5.74, 6) is -0.741. The molecule has 0 aromatic carbocycles. The van der Waals surface area contributed by atoms with Crippen molar-refractivity contribution in [3.63, 3.8) is 0 Å². The highest BCUT2D eigenvalue weighted by atomic mass is 32.3. The van der Waals surface area contributed by atoms with Crippen LogP contribution in [0.25, 0.3) is 0 Å². The predicted molar refractivity (Wildman–Crippen MR) is 41.9 cm³/mol. The van der Waals surface area contributed by atoms with Crippen molar-refractivity contribution in [3.8, 4) is 0 Å². The minimum absolute atomic E-state index is 0.292. The maximum Gasteiger partial charge on any atom is 0.307 e. The average molecular weight is 200 g/mol. The molecule has 0 aliphatic carbocycles. The second-order valence-corrected chi connectivity index (χ2v) is 3.46. The van der Waals surface area contributed by atoms with Gasteiger partial charge in [0.25, 0.3) is 0 Å². The maximum absolute atomic E-state index is 12.1. The quantitative estimate of drug-likeness (QED) is 0.467. The summed E-state index contributed by atoms with van der Waals surface area (Å²) in [7, 11) is -4.52. The van der Waals surface area contributed by atoms with Crippen LogP contribution in [0, 0.1) is 0 Å². The first-order chi connectivity index (χ1) is 5.49. The molecule has 0 spiro atoms. The molecule has 0 aliphatic rings. The fourth-order valence-electron chi connectivity index (χ4n) is 0.679. The largest absolute Gasteiger partial charge is 0.352 e. The lowest BCUT2D eigenvalue weighted by molar-refractivity contribution is -0.121. The molecule has 12 heavy (non-hydrogen) atoms. The topological polar surface area (TPSA) is 52.6 Å². The van der Waals surface area contributed by atoms with Crippen LogP contribution in [-0.2, 0) is 19.7 Å². The summed E-state index contributed by atoms with van der Waals surface area (Å²) in [4.78, 5) is 0. The SMILES string of the molecule is CCOC(CS(=O)(=O)F)OCC. The Labute approximate surface area is 71.9 Å². The van der Waals surface area contributed by atoms with Gasteiger partial charge in [0.1, 0.15) is 5.75 Å². The van der Waals surface area contributed by atoms with Crippen LogP contribution in [0.3, 0.4) is 0 Å². The smallest absolute Gasteiger partial charge is 0.307 e. The molecule has 0 rings (SSSR count). The minimum atomic E-state index is -4.52. The molecule has 0 unspecified atom stereocenters. The van der Waals surface area contributed by atoms with Crippen LogP contribution < -0.4 is 0 Å². The second kappa shape index (κ2) is 5.45. The molecule has 0 heterocycles. The highest BCUT2D eigenvalue weighted by molar-refractivity contribution is 7.86. The molecular formula is C6H13FO4S. The van der Waals surface area contributed by atoms with Gasteiger partial charge in [0.2, 0.25) is 0 Å². The van der Waals surface area contributed by atoms with Gasteiger partial charge in [-0.1, -0.05) is 0 Å². The summed E-state index contributed by atoms with van der Waals surface area (Å²) in [6.45, 7) is 3.94. The summed E-state index contributed by atoms with van der Waals surface area (Å²) in [6, 6.07) is 0. The summed E-state index contributed by atoms with van der Waals surface area (Å²) >= 11 is 0. The van der Waals surface area contributed by atoms with Crippen LogP contribution in [0.2, 0.25) is 0 Å². The van der Waals surface area contributed by atoms with Crippen molar-refractivity contribution in [2.75, 3.05) is 19.0 Å². The van der Waals surface area contributed by atoms with Gasteiger partial charge < -0.3 is 9.47 Å². The van der Waals surface area contributed by atoms with Crippen LogP contribution in [0.15, 0.2) is 0 Å². The third-order valence-corrected chi connectivity index (χ3v) is 1.71. The first-order valence-electron chi connectivity index (χ1n) is 3.65. The number of hydrogen-bond donors (Lipinski definition) is 0. The lowest BCUT2D eigenvalue weighted by Crippen LogP contribution is -2.25. The van der Waals surface area contributed by atoms with Crippen LogP contribution in [0.4, 0.5) is 3.89 Å². The first kappa shape index (κ1) is 11.8. The van der Waals surface area contributed by atoms with Gasteiger partial charge in [-0.25, -0.2) is 0 Å². The first-order valence-corrected chi connectivity index (χ1v) is 5.20. The van der Waals surface area contributed by atoms with E-state index in [0.717, 1.165) is 0 Å². The van der Waals surface area contributed by atoms with Crippen molar-refractivity contribution >= 4 is 10.2 Å². The van der Waals surface area contributed by atoms with E-state index in [1.165, 1.54) is 0 Å². The van der Waals surface area contributed by atoms with Gasteiger partial charge in [-0.05, 0) is 13.8 Å². The van der Waals surface area contributed by atoms with Gasteiger partial charge in [0.05, 0.1) is 0 Å². The molecule has 0 radical (unpaired) electrons. The molecule has 0 saturated carbocycles. The van der Waals surface area contributed by atoms with Gasteiger partial charge in [-0.3, -0.25) is 0 Å². The van der Waals surface area contributed by atoms with Gasteiger partial charge in [0, 0.05) is 13.2 Å². The van der Waals surface area contributed by atoms with Crippen LogP contribution >= 0.6 is 0 Å². The monoisotopic (exact) mass is 200 g/mol. The normalized spacial score (nSPS) is 12.3. The molecule has 0 aromatic heterocycles. The number of rotatable bonds is 6. The van der Waals surface area contributed by atoms with Crippen molar-refractivity contribution in [2.24, 2.45) is 0 Å². The molecule has 4 nitrogen and oxygen atoms in total.